The molecule has 1 saturated carbocycles. The maximum atomic E-state index is 12.9. The maximum absolute atomic E-state index is 12.9. The van der Waals surface area contributed by atoms with Gasteiger partial charge in [-0.1, -0.05) is 0 Å². The van der Waals surface area contributed by atoms with Crippen LogP contribution in [-0.2, 0) is 16.1 Å². The average Bonchev–Trinajstić information content (AvgIpc) is 2.82. The van der Waals surface area contributed by atoms with E-state index in [4.69, 9.17) is 10.5 Å². The topological polar surface area (TPSA) is 70.1 Å². The van der Waals surface area contributed by atoms with Gasteiger partial charge in [0.2, 0.25) is 5.92 Å². The van der Waals surface area contributed by atoms with Crippen LogP contribution < -0.4 is 5.73 Å². The molecule has 1 fully saturated rings. The SMILES string of the molecule is Nc1ccn(CC(=O)OCC2CCC(F)(F)C2)n1. The van der Waals surface area contributed by atoms with Gasteiger partial charge in [0.05, 0.1) is 6.61 Å². The maximum Gasteiger partial charge on any atom is 0.327 e. The highest BCUT2D eigenvalue weighted by atomic mass is 19.3. The molecule has 0 amide bonds. The van der Waals surface area contributed by atoms with Gasteiger partial charge in [0, 0.05) is 19.0 Å². The first-order valence-electron chi connectivity index (χ1n) is 5.77. The number of anilines is 1. The summed E-state index contributed by atoms with van der Waals surface area (Å²) in [5.41, 5.74) is 5.39. The summed E-state index contributed by atoms with van der Waals surface area (Å²) in [5.74, 6) is -3.02. The minimum Gasteiger partial charge on any atom is -0.464 e. The smallest absolute Gasteiger partial charge is 0.327 e. The van der Waals surface area contributed by atoms with Crippen LogP contribution in [0.25, 0.3) is 0 Å². The number of aromatic nitrogens is 2. The van der Waals surface area contributed by atoms with Crippen molar-refractivity contribution in [3.63, 3.8) is 0 Å². The van der Waals surface area contributed by atoms with Crippen LogP contribution in [-0.4, -0.2) is 28.3 Å². The number of hydrogen-bond acceptors (Lipinski definition) is 4. The van der Waals surface area contributed by atoms with Crippen LogP contribution in [0.4, 0.5) is 14.6 Å². The molecular weight excluding hydrogens is 244 g/mol. The molecular formula is C11H15F2N3O2. The highest BCUT2D eigenvalue weighted by Crippen LogP contribution is 2.38. The Labute approximate surface area is 103 Å². The second-order valence-corrected chi connectivity index (χ2v) is 4.59. The first-order valence-corrected chi connectivity index (χ1v) is 5.77. The molecule has 1 aromatic heterocycles. The minimum absolute atomic E-state index is 0.0468. The quantitative estimate of drug-likeness (QED) is 0.831. The Bertz CT molecular complexity index is 434. The number of esters is 1. The van der Waals surface area contributed by atoms with Gasteiger partial charge in [0.25, 0.3) is 0 Å². The van der Waals surface area contributed by atoms with Crippen molar-refractivity contribution >= 4 is 11.8 Å². The van der Waals surface area contributed by atoms with Crippen molar-refractivity contribution in [3.8, 4) is 0 Å². The summed E-state index contributed by atoms with van der Waals surface area (Å²) in [5, 5.41) is 3.83. The number of ether oxygens (including phenoxy) is 1. The molecule has 18 heavy (non-hydrogen) atoms. The van der Waals surface area contributed by atoms with Crippen LogP contribution in [0.15, 0.2) is 12.3 Å². The van der Waals surface area contributed by atoms with Crippen molar-refractivity contribution in [2.75, 3.05) is 12.3 Å². The van der Waals surface area contributed by atoms with Gasteiger partial charge < -0.3 is 10.5 Å². The zero-order valence-electron chi connectivity index (χ0n) is 9.81. The Hall–Kier alpha value is -1.66. The summed E-state index contributed by atoms with van der Waals surface area (Å²) in [4.78, 5) is 11.4. The van der Waals surface area contributed by atoms with E-state index in [-0.39, 0.29) is 31.9 Å². The van der Waals surface area contributed by atoms with E-state index in [1.165, 1.54) is 4.68 Å². The van der Waals surface area contributed by atoms with E-state index in [1.54, 1.807) is 12.3 Å². The van der Waals surface area contributed by atoms with Gasteiger partial charge in [0.1, 0.15) is 12.4 Å². The molecule has 0 aromatic carbocycles. The molecule has 0 bridgehead atoms. The zero-order chi connectivity index (χ0) is 13.2. The Kier molecular flexibility index (Phi) is 3.49. The first-order chi connectivity index (χ1) is 8.44. The molecule has 0 aliphatic heterocycles. The lowest BCUT2D eigenvalue weighted by molar-refractivity contribution is -0.146. The average molecular weight is 259 g/mol. The molecule has 100 valence electrons. The van der Waals surface area contributed by atoms with Crippen molar-refractivity contribution < 1.29 is 18.3 Å². The second kappa shape index (κ2) is 4.91. The Morgan fingerprint density at radius 1 is 1.67 bits per heavy atom. The van der Waals surface area contributed by atoms with Gasteiger partial charge in [-0.3, -0.25) is 9.48 Å². The lowest BCUT2D eigenvalue weighted by Crippen LogP contribution is -2.18. The monoisotopic (exact) mass is 259 g/mol. The van der Waals surface area contributed by atoms with Crippen molar-refractivity contribution in [2.24, 2.45) is 5.92 Å². The molecule has 1 unspecified atom stereocenters. The van der Waals surface area contributed by atoms with Crippen LogP contribution in [0, 0.1) is 5.92 Å². The van der Waals surface area contributed by atoms with Crippen molar-refractivity contribution in [2.45, 2.75) is 31.7 Å². The fourth-order valence-corrected chi connectivity index (χ4v) is 2.04. The fraction of sp³-hybridized carbons (Fsp3) is 0.636. The van der Waals surface area contributed by atoms with Crippen LogP contribution in [0.3, 0.4) is 0 Å². The third-order valence-electron chi connectivity index (χ3n) is 2.94. The molecule has 1 aromatic rings. The van der Waals surface area contributed by atoms with Crippen LogP contribution in [0.5, 0.6) is 0 Å². The predicted molar refractivity (Wildman–Crippen MR) is 59.9 cm³/mol. The molecule has 1 atom stereocenters. The molecule has 0 saturated heterocycles. The number of alkyl halides is 2. The number of nitrogen functional groups attached to an aromatic ring is 1. The number of carbonyl (C=O) groups excluding carboxylic acids is 1. The summed E-state index contributed by atoms with van der Waals surface area (Å²) >= 11 is 0. The van der Waals surface area contributed by atoms with Gasteiger partial charge in [0.15, 0.2) is 0 Å². The van der Waals surface area contributed by atoms with Crippen LogP contribution in [0.1, 0.15) is 19.3 Å². The second-order valence-electron chi connectivity index (χ2n) is 4.59. The van der Waals surface area contributed by atoms with Crippen molar-refractivity contribution in [1.82, 2.24) is 9.78 Å². The Morgan fingerprint density at radius 3 is 3.00 bits per heavy atom. The van der Waals surface area contributed by atoms with Gasteiger partial charge in [-0.2, -0.15) is 5.10 Å². The summed E-state index contributed by atoms with van der Waals surface area (Å²) in [6.45, 7) is -0.00845. The van der Waals surface area contributed by atoms with E-state index in [0.29, 0.717) is 12.2 Å². The van der Waals surface area contributed by atoms with Gasteiger partial charge in [-0.15, -0.1) is 0 Å². The number of nitrogens with zero attached hydrogens (tertiary/aromatic N) is 2. The normalized spacial score (nSPS) is 22.0. The highest BCUT2D eigenvalue weighted by Gasteiger charge is 2.39. The largest absolute Gasteiger partial charge is 0.464 e. The standard InChI is InChI=1S/C11H15F2N3O2/c12-11(13)3-1-8(5-11)7-18-10(17)6-16-4-2-9(14)15-16/h2,4,8H,1,3,5-7H2,(H2,14,15). The molecule has 1 aliphatic rings. The molecule has 2 N–H and O–H groups in total. The van der Waals surface area contributed by atoms with E-state index in [2.05, 4.69) is 5.10 Å². The summed E-state index contributed by atoms with van der Waals surface area (Å²) in [7, 11) is 0. The zero-order valence-corrected chi connectivity index (χ0v) is 9.81. The van der Waals surface area contributed by atoms with Gasteiger partial charge in [-0.05, 0) is 18.4 Å². The number of rotatable bonds is 4. The predicted octanol–water partition coefficient (Wildman–Crippen LogP) is 1.44. The molecule has 7 heteroatoms. The number of carbonyl (C=O) groups is 1. The fourth-order valence-electron chi connectivity index (χ4n) is 2.04. The molecule has 0 radical (unpaired) electrons. The third kappa shape index (κ3) is 3.41. The lowest BCUT2D eigenvalue weighted by Gasteiger charge is -2.11. The van der Waals surface area contributed by atoms with Crippen molar-refractivity contribution in [3.05, 3.63) is 12.3 Å². The summed E-state index contributed by atoms with van der Waals surface area (Å²) in [6, 6.07) is 1.56. The van der Waals surface area contributed by atoms with Gasteiger partial charge >= 0.3 is 5.97 Å². The summed E-state index contributed by atoms with van der Waals surface area (Å²) in [6.07, 6.45) is 1.63. The van der Waals surface area contributed by atoms with E-state index in [0.717, 1.165) is 0 Å². The Morgan fingerprint density at radius 2 is 2.44 bits per heavy atom. The minimum atomic E-state index is -2.60. The molecule has 5 nitrogen and oxygen atoms in total. The van der Waals surface area contributed by atoms with Crippen LogP contribution in [0.2, 0.25) is 0 Å². The van der Waals surface area contributed by atoms with Gasteiger partial charge in [-0.25, -0.2) is 8.78 Å². The number of halogens is 2. The number of hydrogen-bond donors (Lipinski definition) is 1. The van der Waals surface area contributed by atoms with E-state index in [1.807, 2.05) is 0 Å². The number of nitrogens with two attached hydrogens (primary N) is 1. The molecule has 1 aliphatic carbocycles. The van der Waals surface area contributed by atoms with Crippen molar-refractivity contribution in [1.29, 1.82) is 0 Å². The first kappa shape index (κ1) is 12.8. The van der Waals surface area contributed by atoms with E-state index < -0.39 is 11.9 Å². The Balaban J connectivity index is 1.72. The van der Waals surface area contributed by atoms with E-state index in [9.17, 15) is 13.6 Å². The third-order valence-corrected chi connectivity index (χ3v) is 2.94. The highest BCUT2D eigenvalue weighted by molar-refractivity contribution is 5.69. The summed E-state index contributed by atoms with van der Waals surface area (Å²) < 4.78 is 32.1. The van der Waals surface area contributed by atoms with E-state index >= 15 is 0 Å². The van der Waals surface area contributed by atoms with Crippen LogP contribution >= 0.6 is 0 Å². The molecule has 2 rings (SSSR count). The molecule has 1 heterocycles. The molecule has 0 spiro atoms. The lowest BCUT2D eigenvalue weighted by atomic mass is 10.1.